The second-order valence-corrected chi connectivity index (χ2v) is 5.09. The monoisotopic (exact) mass is 191 g/mol. The van der Waals surface area contributed by atoms with E-state index < -0.39 is 10.8 Å². The number of nitrogens with one attached hydrogen (secondary N) is 1. The molecule has 1 fully saturated rings. The molecule has 2 unspecified atom stereocenters. The van der Waals surface area contributed by atoms with Gasteiger partial charge in [-0.1, -0.05) is 6.92 Å². The zero-order chi connectivity index (χ0) is 8.97. The SMILES string of the molecule is CC(CCNC1COC1)S(C)=O. The summed E-state index contributed by atoms with van der Waals surface area (Å²) in [4.78, 5) is 0. The second-order valence-electron chi connectivity index (χ2n) is 3.29. The van der Waals surface area contributed by atoms with Gasteiger partial charge in [-0.3, -0.25) is 4.21 Å². The van der Waals surface area contributed by atoms with Gasteiger partial charge in [-0.2, -0.15) is 0 Å². The van der Waals surface area contributed by atoms with Crippen molar-refractivity contribution in [3.05, 3.63) is 0 Å². The first kappa shape index (κ1) is 10.2. The lowest BCUT2D eigenvalue weighted by Crippen LogP contribution is -2.46. The predicted octanol–water partition coefficient (Wildman–Crippen LogP) is 0.132. The summed E-state index contributed by atoms with van der Waals surface area (Å²) in [6.45, 7) is 4.65. The lowest BCUT2D eigenvalue weighted by Gasteiger charge is -2.27. The second kappa shape index (κ2) is 4.94. The van der Waals surface area contributed by atoms with Gasteiger partial charge in [0.15, 0.2) is 0 Å². The van der Waals surface area contributed by atoms with Crippen LogP contribution in [0.1, 0.15) is 13.3 Å². The highest BCUT2D eigenvalue weighted by molar-refractivity contribution is 7.84. The molecule has 1 aliphatic heterocycles. The van der Waals surface area contributed by atoms with Gasteiger partial charge in [0.2, 0.25) is 0 Å². The van der Waals surface area contributed by atoms with Gasteiger partial charge >= 0.3 is 0 Å². The first-order chi connectivity index (χ1) is 5.70. The fourth-order valence-electron chi connectivity index (χ4n) is 1.01. The van der Waals surface area contributed by atoms with Gasteiger partial charge in [-0.05, 0) is 13.0 Å². The average molecular weight is 191 g/mol. The minimum Gasteiger partial charge on any atom is -0.378 e. The molecule has 0 aromatic carbocycles. The molecule has 1 aliphatic rings. The fraction of sp³-hybridized carbons (Fsp3) is 1.00. The van der Waals surface area contributed by atoms with Crippen molar-refractivity contribution in [2.24, 2.45) is 0 Å². The van der Waals surface area contributed by atoms with Crippen molar-refractivity contribution < 1.29 is 8.95 Å². The zero-order valence-electron chi connectivity index (χ0n) is 7.71. The standard InChI is InChI=1S/C8H17NO2S/c1-7(12(2)10)3-4-9-8-5-11-6-8/h7-9H,3-6H2,1-2H3. The van der Waals surface area contributed by atoms with E-state index in [2.05, 4.69) is 5.32 Å². The van der Waals surface area contributed by atoms with E-state index in [9.17, 15) is 4.21 Å². The van der Waals surface area contributed by atoms with E-state index >= 15 is 0 Å². The molecule has 3 nitrogen and oxygen atoms in total. The molecule has 1 heterocycles. The van der Waals surface area contributed by atoms with E-state index in [0.717, 1.165) is 26.2 Å². The molecule has 1 N–H and O–H groups in total. The lowest BCUT2D eigenvalue weighted by molar-refractivity contribution is -0.00489. The Kier molecular flexibility index (Phi) is 4.18. The van der Waals surface area contributed by atoms with Crippen molar-refractivity contribution in [2.75, 3.05) is 26.0 Å². The summed E-state index contributed by atoms with van der Waals surface area (Å²) in [5, 5.41) is 3.65. The van der Waals surface area contributed by atoms with Crippen LogP contribution in [-0.2, 0) is 15.5 Å². The van der Waals surface area contributed by atoms with Crippen LogP contribution in [-0.4, -0.2) is 41.5 Å². The summed E-state index contributed by atoms with van der Waals surface area (Å²) in [7, 11) is -0.680. The Hall–Kier alpha value is 0.0700. The highest BCUT2D eigenvalue weighted by Crippen LogP contribution is 2.01. The molecule has 4 heteroatoms. The molecule has 12 heavy (non-hydrogen) atoms. The van der Waals surface area contributed by atoms with Gasteiger partial charge in [0.25, 0.3) is 0 Å². The molecule has 1 saturated heterocycles. The molecule has 0 bridgehead atoms. The topological polar surface area (TPSA) is 38.3 Å². The maximum Gasteiger partial charge on any atom is 0.0643 e. The molecule has 72 valence electrons. The highest BCUT2D eigenvalue weighted by Gasteiger charge is 2.17. The van der Waals surface area contributed by atoms with Crippen LogP contribution in [0.3, 0.4) is 0 Å². The highest BCUT2D eigenvalue weighted by atomic mass is 32.2. The normalized spacial score (nSPS) is 23.2. The largest absolute Gasteiger partial charge is 0.378 e. The molecule has 0 saturated carbocycles. The van der Waals surface area contributed by atoms with E-state index in [0.29, 0.717) is 11.3 Å². The van der Waals surface area contributed by atoms with Crippen LogP contribution in [0, 0.1) is 0 Å². The molecule has 0 aliphatic carbocycles. The first-order valence-corrected chi connectivity index (χ1v) is 5.95. The fourth-order valence-corrected chi connectivity index (χ4v) is 1.46. The number of rotatable bonds is 5. The zero-order valence-corrected chi connectivity index (χ0v) is 8.52. The van der Waals surface area contributed by atoms with E-state index in [1.165, 1.54) is 0 Å². The third kappa shape index (κ3) is 3.21. The molecule has 0 amide bonds. The van der Waals surface area contributed by atoms with Crippen LogP contribution in [0.25, 0.3) is 0 Å². The van der Waals surface area contributed by atoms with Gasteiger partial charge in [0, 0.05) is 22.3 Å². The van der Waals surface area contributed by atoms with Gasteiger partial charge in [-0.25, -0.2) is 0 Å². The van der Waals surface area contributed by atoms with Crippen LogP contribution < -0.4 is 5.32 Å². The minimum absolute atomic E-state index is 0.304. The summed E-state index contributed by atoms with van der Waals surface area (Å²) in [5.74, 6) is 0. The Balaban J connectivity index is 1.97. The summed E-state index contributed by atoms with van der Waals surface area (Å²) in [6.07, 6.45) is 2.75. The smallest absolute Gasteiger partial charge is 0.0643 e. The summed E-state index contributed by atoms with van der Waals surface area (Å²) >= 11 is 0. The van der Waals surface area contributed by atoms with E-state index in [1.54, 1.807) is 6.26 Å². The van der Waals surface area contributed by atoms with Crippen LogP contribution in [0.5, 0.6) is 0 Å². The summed E-state index contributed by atoms with van der Waals surface area (Å²) < 4.78 is 16.0. The van der Waals surface area contributed by atoms with Crippen molar-refractivity contribution in [3.63, 3.8) is 0 Å². The predicted molar refractivity (Wildman–Crippen MR) is 50.8 cm³/mol. The summed E-state index contributed by atoms with van der Waals surface area (Å²) in [6, 6.07) is 0.544. The van der Waals surface area contributed by atoms with Gasteiger partial charge in [-0.15, -0.1) is 0 Å². The number of hydrogen-bond donors (Lipinski definition) is 1. The third-order valence-corrected chi connectivity index (χ3v) is 3.56. The number of ether oxygens (including phenoxy) is 1. The molecule has 0 aromatic heterocycles. The Morgan fingerprint density at radius 3 is 2.75 bits per heavy atom. The average Bonchev–Trinajstić information content (AvgIpc) is 1.93. The van der Waals surface area contributed by atoms with Crippen molar-refractivity contribution in [2.45, 2.75) is 24.6 Å². The van der Waals surface area contributed by atoms with Crippen LogP contribution in [0.2, 0.25) is 0 Å². The van der Waals surface area contributed by atoms with Crippen LogP contribution in [0.15, 0.2) is 0 Å². The molecular formula is C8H17NO2S. The summed E-state index contributed by atoms with van der Waals surface area (Å²) in [5.41, 5.74) is 0. The Bertz CT molecular complexity index is 159. The van der Waals surface area contributed by atoms with E-state index in [4.69, 9.17) is 4.74 Å². The molecule has 0 spiro atoms. The van der Waals surface area contributed by atoms with Crippen LogP contribution >= 0.6 is 0 Å². The maximum atomic E-state index is 11.0. The molecule has 0 radical (unpaired) electrons. The molecule has 1 rings (SSSR count). The van der Waals surface area contributed by atoms with Crippen molar-refractivity contribution in [1.29, 1.82) is 0 Å². The van der Waals surface area contributed by atoms with Gasteiger partial charge < -0.3 is 10.1 Å². The molecular weight excluding hydrogens is 174 g/mol. The maximum absolute atomic E-state index is 11.0. The van der Waals surface area contributed by atoms with Gasteiger partial charge in [0.05, 0.1) is 19.3 Å². The number of hydrogen-bond acceptors (Lipinski definition) is 3. The van der Waals surface area contributed by atoms with Crippen molar-refractivity contribution >= 4 is 10.8 Å². The van der Waals surface area contributed by atoms with E-state index in [-0.39, 0.29) is 0 Å². The lowest BCUT2D eigenvalue weighted by atomic mass is 10.2. The van der Waals surface area contributed by atoms with Crippen molar-refractivity contribution in [1.82, 2.24) is 5.32 Å². The molecule has 2 atom stereocenters. The minimum atomic E-state index is -0.680. The third-order valence-electron chi connectivity index (χ3n) is 2.19. The molecule has 0 aromatic rings. The first-order valence-electron chi connectivity index (χ1n) is 4.33. The van der Waals surface area contributed by atoms with Gasteiger partial charge in [0.1, 0.15) is 0 Å². The van der Waals surface area contributed by atoms with Crippen LogP contribution in [0.4, 0.5) is 0 Å². The quantitative estimate of drug-likeness (QED) is 0.671. The van der Waals surface area contributed by atoms with E-state index in [1.807, 2.05) is 6.92 Å². The van der Waals surface area contributed by atoms with Crippen molar-refractivity contribution in [3.8, 4) is 0 Å². The Morgan fingerprint density at radius 2 is 2.33 bits per heavy atom. The Labute approximate surface area is 76.3 Å². The Morgan fingerprint density at radius 1 is 1.67 bits per heavy atom.